The van der Waals surface area contributed by atoms with Crippen LogP contribution < -0.4 is 0 Å². The molecule has 0 aliphatic heterocycles. The first-order valence-electron chi connectivity index (χ1n) is 3.92. The van der Waals surface area contributed by atoms with Gasteiger partial charge in [0.2, 0.25) is 0 Å². The Morgan fingerprint density at radius 2 is 2.00 bits per heavy atom. The van der Waals surface area contributed by atoms with Gasteiger partial charge in [-0.1, -0.05) is 43.4 Å². The second-order valence-corrected chi connectivity index (χ2v) is 9.67. The zero-order valence-electron chi connectivity index (χ0n) is 7.65. The molecule has 0 amide bonds. The standard InChI is InChI=1S/C9H16Si.Hf/c1-10(2,3)8-9-6-4-5-7-9;/h4-6H,7-8H2,1-3H3;. The van der Waals surface area contributed by atoms with Gasteiger partial charge < -0.3 is 0 Å². The molecule has 0 saturated heterocycles. The van der Waals surface area contributed by atoms with Gasteiger partial charge in [0.05, 0.1) is 0 Å². The molecule has 1 aliphatic carbocycles. The van der Waals surface area contributed by atoms with E-state index in [1.165, 1.54) is 12.5 Å². The summed E-state index contributed by atoms with van der Waals surface area (Å²) in [6.07, 6.45) is 7.91. The van der Waals surface area contributed by atoms with Gasteiger partial charge in [0.1, 0.15) is 0 Å². The van der Waals surface area contributed by atoms with Gasteiger partial charge in [-0.15, -0.1) is 0 Å². The molecule has 0 nitrogen and oxygen atoms in total. The zero-order valence-corrected chi connectivity index (χ0v) is 12.2. The molecule has 11 heavy (non-hydrogen) atoms. The van der Waals surface area contributed by atoms with E-state index >= 15 is 0 Å². The summed E-state index contributed by atoms with van der Waals surface area (Å²) in [5.41, 5.74) is 1.64. The average Bonchev–Trinajstić information content (AvgIpc) is 2.12. The number of hydrogen-bond acceptors (Lipinski definition) is 0. The fourth-order valence-corrected chi connectivity index (χ4v) is 2.93. The maximum absolute atomic E-state index is 2.42. The molecule has 0 aromatic carbocycles. The Kier molecular flexibility index (Phi) is 4.79. The summed E-state index contributed by atoms with van der Waals surface area (Å²) in [7, 11) is -0.831. The van der Waals surface area contributed by atoms with Gasteiger partial charge in [0.25, 0.3) is 0 Å². The van der Waals surface area contributed by atoms with Crippen molar-refractivity contribution in [2.45, 2.75) is 32.1 Å². The molecule has 0 bridgehead atoms. The van der Waals surface area contributed by atoms with Crippen LogP contribution in [0.4, 0.5) is 0 Å². The fraction of sp³-hybridized carbons (Fsp3) is 0.556. The number of allylic oxidation sites excluding steroid dienone is 4. The molecule has 0 N–H and O–H groups in total. The maximum atomic E-state index is 2.42. The van der Waals surface area contributed by atoms with Crippen LogP contribution in [0.2, 0.25) is 25.7 Å². The van der Waals surface area contributed by atoms with Gasteiger partial charge in [-0.05, 0) is 12.5 Å². The van der Waals surface area contributed by atoms with Crippen molar-refractivity contribution < 1.29 is 25.8 Å². The molecule has 0 atom stereocenters. The SMILES string of the molecule is C[Si](C)(C)CC1=CC=CC1.[Hf]. The van der Waals surface area contributed by atoms with Crippen LogP contribution in [-0.2, 0) is 25.8 Å². The van der Waals surface area contributed by atoms with Crippen molar-refractivity contribution in [1.29, 1.82) is 0 Å². The summed E-state index contributed by atoms with van der Waals surface area (Å²) in [6, 6.07) is 1.38. The van der Waals surface area contributed by atoms with Gasteiger partial charge in [-0.25, -0.2) is 0 Å². The molecule has 0 fully saturated rings. The molecule has 0 spiro atoms. The van der Waals surface area contributed by atoms with Crippen molar-refractivity contribution in [1.82, 2.24) is 0 Å². The summed E-state index contributed by atoms with van der Waals surface area (Å²) in [4.78, 5) is 0. The molecular formula is C9H16HfSi. The van der Waals surface area contributed by atoms with Gasteiger partial charge >= 0.3 is 0 Å². The van der Waals surface area contributed by atoms with Gasteiger partial charge in [-0.2, -0.15) is 0 Å². The molecule has 0 heterocycles. The summed E-state index contributed by atoms with van der Waals surface area (Å²) in [5.74, 6) is 0. The van der Waals surface area contributed by atoms with Crippen molar-refractivity contribution in [3.8, 4) is 0 Å². The van der Waals surface area contributed by atoms with E-state index < -0.39 is 8.07 Å². The third-order valence-electron chi connectivity index (χ3n) is 1.61. The largest absolute Gasteiger partial charge is 0.0805 e. The topological polar surface area (TPSA) is 0 Å². The van der Waals surface area contributed by atoms with Crippen LogP contribution in [0.5, 0.6) is 0 Å². The second-order valence-electron chi connectivity index (χ2n) is 4.19. The van der Waals surface area contributed by atoms with E-state index in [2.05, 4.69) is 37.9 Å². The van der Waals surface area contributed by atoms with E-state index in [0.717, 1.165) is 0 Å². The first-order chi connectivity index (χ1) is 4.58. The Balaban J connectivity index is 0.000001000. The Labute approximate surface area is 89.6 Å². The predicted octanol–water partition coefficient (Wildman–Crippen LogP) is 3.21. The average molecular weight is 331 g/mol. The molecule has 0 saturated carbocycles. The third kappa shape index (κ3) is 4.91. The molecular weight excluding hydrogens is 315 g/mol. The maximum Gasteiger partial charge on any atom is 0.0483 e. The van der Waals surface area contributed by atoms with Crippen LogP contribution in [0, 0.1) is 0 Å². The molecule has 0 aromatic heterocycles. The van der Waals surface area contributed by atoms with Crippen LogP contribution in [-0.4, -0.2) is 8.07 Å². The molecule has 2 heteroatoms. The second kappa shape index (κ2) is 4.56. The van der Waals surface area contributed by atoms with Crippen LogP contribution in [0.25, 0.3) is 0 Å². The van der Waals surface area contributed by atoms with E-state index in [1.807, 2.05) is 0 Å². The quantitative estimate of drug-likeness (QED) is 0.682. The zero-order chi connectivity index (χ0) is 7.61. The van der Waals surface area contributed by atoms with Crippen LogP contribution >= 0.6 is 0 Å². The van der Waals surface area contributed by atoms with E-state index in [0.29, 0.717) is 0 Å². The van der Waals surface area contributed by atoms with E-state index in [-0.39, 0.29) is 25.8 Å². The van der Waals surface area contributed by atoms with Crippen LogP contribution in [0.15, 0.2) is 23.8 Å². The van der Waals surface area contributed by atoms with Gasteiger partial charge in [0, 0.05) is 33.9 Å². The van der Waals surface area contributed by atoms with Crippen molar-refractivity contribution in [2.75, 3.05) is 0 Å². The molecule has 0 unspecified atom stereocenters. The molecule has 1 aliphatic rings. The minimum absolute atomic E-state index is 0. The molecule has 1 rings (SSSR count). The predicted molar refractivity (Wildman–Crippen MR) is 50.0 cm³/mol. The normalized spacial score (nSPS) is 16.1. The van der Waals surface area contributed by atoms with Crippen molar-refractivity contribution in [2.24, 2.45) is 0 Å². The van der Waals surface area contributed by atoms with E-state index in [9.17, 15) is 0 Å². The minimum Gasteiger partial charge on any atom is -0.0805 e. The Morgan fingerprint density at radius 3 is 2.36 bits per heavy atom. The van der Waals surface area contributed by atoms with Crippen molar-refractivity contribution in [3.05, 3.63) is 23.8 Å². The summed E-state index contributed by atoms with van der Waals surface area (Å²) in [5, 5.41) is 0. The summed E-state index contributed by atoms with van der Waals surface area (Å²) < 4.78 is 0. The first kappa shape index (κ1) is 11.6. The number of hydrogen-bond donors (Lipinski definition) is 0. The monoisotopic (exact) mass is 332 g/mol. The van der Waals surface area contributed by atoms with Crippen LogP contribution in [0.3, 0.4) is 0 Å². The van der Waals surface area contributed by atoms with Gasteiger partial charge in [-0.3, -0.25) is 0 Å². The third-order valence-corrected chi connectivity index (χ3v) is 3.12. The Hall–Kier alpha value is 0.567. The van der Waals surface area contributed by atoms with E-state index in [4.69, 9.17) is 0 Å². The molecule has 60 valence electrons. The fourth-order valence-electron chi connectivity index (χ4n) is 1.30. The van der Waals surface area contributed by atoms with Crippen LogP contribution in [0.1, 0.15) is 6.42 Å². The summed E-state index contributed by atoms with van der Waals surface area (Å²) >= 11 is 0. The molecule has 0 radical (unpaired) electrons. The van der Waals surface area contributed by atoms with Gasteiger partial charge in [0.15, 0.2) is 0 Å². The van der Waals surface area contributed by atoms with E-state index in [1.54, 1.807) is 5.57 Å². The Bertz CT molecular complexity index is 174. The number of rotatable bonds is 2. The van der Waals surface area contributed by atoms with Crippen molar-refractivity contribution in [3.63, 3.8) is 0 Å². The molecule has 0 aromatic rings. The minimum atomic E-state index is -0.831. The Morgan fingerprint density at radius 1 is 1.36 bits per heavy atom. The smallest absolute Gasteiger partial charge is 0.0483 e. The summed E-state index contributed by atoms with van der Waals surface area (Å²) in [6.45, 7) is 7.27. The first-order valence-corrected chi connectivity index (χ1v) is 7.63. The van der Waals surface area contributed by atoms with Crippen molar-refractivity contribution >= 4 is 8.07 Å².